The Hall–Kier alpha value is -0.840. The number of benzene rings is 1. The maximum atomic E-state index is 12.0. The van der Waals surface area contributed by atoms with Crippen LogP contribution in [0.4, 0.5) is 18.9 Å². The fourth-order valence-corrected chi connectivity index (χ4v) is 1.75. The number of thioether (sulfide) groups is 1. The van der Waals surface area contributed by atoms with Gasteiger partial charge in [0.05, 0.1) is 0 Å². The molecule has 78 valence electrons. The van der Waals surface area contributed by atoms with E-state index >= 15 is 0 Å². The molecule has 0 atom stereocenters. The predicted molar refractivity (Wildman–Crippen MR) is 52.6 cm³/mol. The van der Waals surface area contributed by atoms with Gasteiger partial charge in [0.1, 0.15) is 0 Å². The maximum Gasteiger partial charge on any atom is 0.446 e. The molecule has 0 saturated carbocycles. The summed E-state index contributed by atoms with van der Waals surface area (Å²) in [5.74, 6) is 0. The zero-order valence-electron chi connectivity index (χ0n) is 7.77. The number of anilines is 1. The van der Waals surface area contributed by atoms with Crippen LogP contribution in [0.25, 0.3) is 0 Å². The second-order valence-corrected chi connectivity index (χ2v) is 3.91. The third kappa shape index (κ3) is 3.14. The second-order valence-electron chi connectivity index (χ2n) is 2.77. The molecule has 0 aliphatic rings. The summed E-state index contributed by atoms with van der Waals surface area (Å²) in [6.07, 6.45) is 0. The number of halogens is 3. The summed E-state index contributed by atoms with van der Waals surface area (Å²) in [5, 5.41) is 2.89. The lowest BCUT2D eigenvalue weighted by Gasteiger charge is -2.09. The summed E-state index contributed by atoms with van der Waals surface area (Å²) in [7, 11) is 1.74. The Morgan fingerprint density at radius 2 is 1.93 bits per heavy atom. The highest BCUT2D eigenvalue weighted by Crippen LogP contribution is 2.37. The standard InChI is InChI=1S/C9H10F3NS/c1-6-5-7(14-9(10,11)12)3-4-8(6)13-2/h3-5,13H,1-2H3. The molecule has 1 aromatic carbocycles. The van der Waals surface area contributed by atoms with Crippen molar-refractivity contribution in [2.45, 2.75) is 17.3 Å². The molecule has 0 aliphatic heterocycles. The smallest absolute Gasteiger partial charge is 0.388 e. The van der Waals surface area contributed by atoms with Gasteiger partial charge in [-0.25, -0.2) is 0 Å². The summed E-state index contributed by atoms with van der Waals surface area (Å²) < 4.78 is 36.0. The van der Waals surface area contributed by atoms with E-state index in [1.165, 1.54) is 12.1 Å². The maximum absolute atomic E-state index is 12.0. The molecule has 0 fully saturated rings. The van der Waals surface area contributed by atoms with Crippen LogP contribution in [0.5, 0.6) is 0 Å². The van der Waals surface area contributed by atoms with Crippen LogP contribution < -0.4 is 5.32 Å². The minimum atomic E-state index is -4.21. The van der Waals surface area contributed by atoms with Crippen molar-refractivity contribution in [3.8, 4) is 0 Å². The van der Waals surface area contributed by atoms with Gasteiger partial charge in [-0.2, -0.15) is 13.2 Å². The predicted octanol–water partition coefficient (Wildman–Crippen LogP) is 3.65. The first-order valence-electron chi connectivity index (χ1n) is 3.96. The van der Waals surface area contributed by atoms with Gasteiger partial charge in [0.25, 0.3) is 0 Å². The van der Waals surface area contributed by atoms with Crippen molar-refractivity contribution in [3.63, 3.8) is 0 Å². The average molecular weight is 221 g/mol. The zero-order chi connectivity index (χ0) is 10.8. The van der Waals surface area contributed by atoms with Crippen LogP contribution in [-0.4, -0.2) is 12.6 Å². The van der Waals surface area contributed by atoms with Crippen LogP contribution in [-0.2, 0) is 0 Å². The number of alkyl halides is 3. The third-order valence-electron chi connectivity index (χ3n) is 1.70. The number of hydrogen-bond acceptors (Lipinski definition) is 2. The molecule has 0 unspecified atom stereocenters. The van der Waals surface area contributed by atoms with Crippen LogP contribution in [0.15, 0.2) is 23.1 Å². The largest absolute Gasteiger partial charge is 0.446 e. The van der Waals surface area contributed by atoms with Crippen LogP contribution in [0.2, 0.25) is 0 Å². The van der Waals surface area contributed by atoms with E-state index in [1.807, 2.05) is 0 Å². The van der Waals surface area contributed by atoms with E-state index < -0.39 is 5.51 Å². The van der Waals surface area contributed by atoms with Crippen molar-refractivity contribution >= 4 is 17.4 Å². The Morgan fingerprint density at radius 3 is 2.36 bits per heavy atom. The van der Waals surface area contributed by atoms with Crippen LogP contribution in [0.3, 0.4) is 0 Å². The van der Waals surface area contributed by atoms with Gasteiger partial charge in [-0.15, -0.1) is 0 Å². The molecule has 0 aliphatic carbocycles. The zero-order valence-corrected chi connectivity index (χ0v) is 8.59. The molecular weight excluding hydrogens is 211 g/mol. The molecule has 1 aromatic rings. The van der Waals surface area contributed by atoms with Crippen LogP contribution in [0.1, 0.15) is 5.56 Å². The summed E-state index contributed by atoms with van der Waals surface area (Å²) >= 11 is -0.0937. The van der Waals surface area contributed by atoms with Crippen LogP contribution >= 0.6 is 11.8 Å². The molecule has 14 heavy (non-hydrogen) atoms. The minimum absolute atomic E-state index is 0.0937. The Balaban J connectivity index is 2.87. The summed E-state index contributed by atoms with van der Waals surface area (Å²) in [6, 6.07) is 4.62. The molecule has 1 nitrogen and oxygen atoms in total. The Morgan fingerprint density at radius 1 is 1.29 bits per heavy atom. The SMILES string of the molecule is CNc1ccc(SC(F)(F)F)cc1C. The average Bonchev–Trinajstić information content (AvgIpc) is 2.01. The third-order valence-corrected chi connectivity index (χ3v) is 2.42. The highest BCUT2D eigenvalue weighted by atomic mass is 32.2. The Kier molecular flexibility index (Phi) is 3.31. The van der Waals surface area contributed by atoms with Gasteiger partial charge in [-0.05, 0) is 42.4 Å². The Labute approximate surface area is 84.7 Å². The van der Waals surface area contributed by atoms with E-state index in [0.29, 0.717) is 0 Å². The van der Waals surface area contributed by atoms with E-state index in [0.717, 1.165) is 11.3 Å². The monoisotopic (exact) mass is 221 g/mol. The topological polar surface area (TPSA) is 12.0 Å². The van der Waals surface area contributed by atoms with Gasteiger partial charge in [0, 0.05) is 17.6 Å². The van der Waals surface area contributed by atoms with E-state index in [1.54, 1.807) is 20.0 Å². The molecule has 5 heteroatoms. The van der Waals surface area contributed by atoms with Gasteiger partial charge >= 0.3 is 5.51 Å². The molecule has 0 spiro atoms. The Bertz CT molecular complexity index is 322. The van der Waals surface area contributed by atoms with Crippen molar-refractivity contribution in [3.05, 3.63) is 23.8 Å². The number of hydrogen-bond donors (Lipinski definition) is 1. The summed E-state index contributed by atoms with van der Waals surface area (Å²) in [5.41, 5.74) is -2.56. The summed E-state index contributed by atoms with van der Waals surface area (Å²) in [4.78, 5) is 0.217. The fourth-order valence-electron chi connectivity index (χ4n) is 1.11. The van der Waals surface area contributed by atoms with E-state index in [9.17, 15) is 13.2 Å². The lowest BCUT2D eigenvalue weighted by molar-refractivity contribution is -0.0328. The van der Waals surface area contributed by atoms with Gasteiger partial charge in [0.2, 0.25) is 0 Å². The van der Waals surface area contributed by atoms with Crippen molar-refractivity contribution in [1.29, 1.82) is 0 Å². The van der Waals surface area contributed by atoms with Gasteiger partial charge < -0.3 is 5.32 Å². The van der Waals surface area contributed by atoms with E-state index in [2.05, 4.69) is 5.32 Å². The molecule has 0 radical (unpaired) electrons. The van der Waals surface area contributed by atoms with Crippen LogP contribution in [0, 0.1) is 6.92 Å². The first-order chi connectivity index (χ1) is 6.42. The van der Waals surface area contributed by atoms with Gasteiger partial charge in [0.15, 0.2) is 0 Å². The molecule has 0 saturated heterocycles. The van der Waals surface area contributed by atoms with Crippen molar-refractivity contribution in [2.75, 3.05) is 12.4 Å². The summed E-state index contributed by atoms with van der Waals surface area (Å²) in [6.45, 7) is 1.77. The molecule has 0 amide bonds. The normalized spacial score (nSPS) is 11.5. The lowest BCUT2D eigenvalue weighted by atomic mass is 10.2. The van der Waals surface area contributed by atoms with Gasteiger partial charge in [-0.1, -0.05) is 0 Å². The van der Waals surface area contributed by atoms with Crippen molar-refractivity contribution in [1.82, 2.24) is 0 Å². The molecule has 0 aromatic heterocycles. The molecule has 0 heterocycles. The molecule has 0 bridgehead atoms. The molecule has 1 rings (SSSR count). The van der Waals surface area contributed by atoms with Crippen molar-refractivity contribution in [2.24, 2.45) is 0 Å². The fraction of sp³-hybridized carbons (Fsp3) is 0.333. The van der Waals surface area contributed by atoms with E-state index in [-0.39, 0.29) is 16.7 Å². The minimum Gasteiger partial charge on any atom is -0.388 e. The van der Waals surface area contributed by atoms with Crippen molar-refractivity contribution < 1.29 is 13.2 Å². The van der Waals surface area contributed by atoms with E-state index in [4.69, 9.17) is 0 Å². The molecular formula is C9H10F3NS. The highest BCUT2D eigenvalue weighted by molar-refractivity contribution is 8.00. The molecule has 1 N–H and O–H groups in total. The number of nitrogens with one attached hydrogen (secondary N) is 1. The van der Waals surface area contributed by atoms with Gasteiger partial charge in [-0.3, -0.25) is 0 Å². The number of aryl methyl sites for hydroxylation is 1. The quantitative estimate of drug-likeness (QED) is 0.765. The highest BCUT2D eigenvalue weighted by Gasteiger charge is 2.29. The first-order valence-corrected chi connectivity index (χ1v) is 4.78. The second kappa shape index (κ2) is 4.13. The lowest BCUT2D eigenvalue weighted by Crippen LogP contribution is -1.99. The first kappa shape index (κ1) is 11.2. The number of rotatable bonds is 2.